The van der Waals surface area contributed by atoms with Gasteiger partial charge < -0.3 is 19.9 Å². The van der Waals surface area contributed by atoms with E-state index >= 15 is 0 Å². The summed E-state index contributed by atoms with van der Waals surface area (Å²) < 4.78 is 16.4. The Kier molecular flexibility index (Phi) is 7.82. The van der Waals surface area contributed by atoms with E-state index in [1.165, 1.54) is 12.8 Å². The molecule has 1 aliphatic rings. The van der Waals surface area contributed by atoms with E-state index in [9.17, 15) is 0 Å². The maximum absolute atomic E-state index is 6.04. The Balaban J connectivity index is 2.08. The minimum Gasteiger partial charge on any atom is -0.382 e. The Morgan fingerprint density at radius 1 is 1.11 bits per heavy atom. The van der Waals surface area contributed by atoms with Crippen molar-refractivity contribution < 1.29 is 14.2 Å². The second-order valence-electron chi connectivity index (χ2n) is 5.38. The second kappa shape index (κ2) is 8.86. The predicted molar refractivity (Wildman–Crippen MR) is 72.7 cm³/mol. The van der Waals surface area contributed by atoms with E-state index in [0.29, 0.717) is 19.8 Å². The molecule has 4 heteroatoms. The first-order valence-electron chi connectivity index (χ1n) is 7.13. The zero-order chi connectivity index (χ0) is 13.3. The first kappa shape index (κ1) is 15.9. The smallest absolute Gasteiger partial charge is 0.0804 e. The topological polar surface area (TPSA) is 53.7 Å². The van der Waals surface area contributed by atoms with Crippen molar-refractivity contribution >= 4 is 0 Å². The van der Waals surface area contributed by atoms with E-state index < -0.39 is 0 Å². The number of ether oxygens (including phenoxy) is 3. The summed E-state index contributed by atoms with van der Waals surface area (Å²) in [5, 5.41) is 0. The lowest BCUT2D eigenvalue weighted by Crippen LogP contribution is -2.44. The van der Waals surface area contributed by atoms with Crippen LogP contribution in [0.15, 0.2) is 0 Å². The van der Waals surface area contributed by atoms with E-state index in [0.717, 1.165) is 38.4 Å². The van der Waals surface area contributed by atoms with Crippen molar-refractivity contribution in [2.45, 2.75) is 44.6 Å². The molecule has 0 radical (unpaired) electrons. The highest BCUT2D eigenvalue weighted by molar-refractivity contribution is 4.87. The summed E-state index contributed by atoms with van der Waals surface area (Å²) in [6.07, 6.45) is 5.62. The average molecular weight is 259 g/mol. The fourth-order valence-corrected chi connectivity index (χ4v) is 2.39. The molecule has 1 rings (SSSR count). The van der Waals surface area contributed by atoms with Gasteiger partial charge in [0.05, 0.1) is 18.8 Å². The first-order chi connectivity index (χ1) is 8.72. The van der Waals surface area contributed by atoms with Crippen LogP contribution in [0.3, 0.4) is 0 Å². The van der Waals surface area contributed by atoms with Crippen LogP contribution in [0, 0.1) is 5.92 Å². The third-order valence-electron chi connectivity index (χ3n) is 3.83. The molecule has 0 saturated heterocycles. The van der Waals surface area contributed by atoms with Gasteiger partial charge in [-0.1, -0.05) is 6.92 Å². The molecule has 4 nitrogen and oxygen atoms in total. The predicted octanol–water partition coefficient (Wildman–Crippen LogP) is 1.96. The van der Waals surface area contributed by atoms with Crippen LogP contribution in [0.2, 0.25) is 0 Å². The Morgan fingerprint density at radius 2 is 1.83 bits per heavy atom. The quantitative estimate of drug-likeness (QED) is 0.643. The molecule has 0 aliphatic heterocycles. The molecule has 0 aromatic carbocycles. The molecule has 0 aromatic rings. The summed E-state index contributed by atoms with van der Waals surface area (Å²) in [6.45, 7) is 5.76. The lowest BCUT2D eigenvalue weighted by atomic mass is 9.79. The molecule has 0 amide bonds. The number of rotatable bonds is 9. The van der Waals surface area contributed by atoms with Gasteiger partial charge in [0.2, 0.25) is 0 Å². The van der Waals surface area contributed by atoms with Crippen LogP contribution in [0.4, 0.5) is 0 Å². The van der Waals surface area contributed by atoms with Gasteiger partial charge >= 0.3 is 0 Å². The van der Waals surface area contributed by atoms with E-state index in [2.05, 4.69) is 6.92 Å². The molecule has 1 saturated carbocycles. The van der Waals surface area contributed by atoms with Gasteiger partial charge in [0.15, 0.2) is 0 Å². The van der Waals surface area contributed by atoms with Gasteiger partial charge in [-0.3, -0.25) is 0 Å². The SMILES string of the molecule is COCCOCCCOC1(CN)CCC(C)CC1. The van der Waals surface area contributed by atoms with Gasteiger partial charge in [0.1, 0.15) is 0 Å². The lowest BCUT2D eigenvalue weighted by Gasteiger charge is -2.38. The van der Waals surface area contributed by atoms with Gasteiger partial charge in [-0.2, -0.15) is 0 Å². The fourth-order valence-electron chi connectivity index (χ4n) is 2.39. The molecular weight excluding hydrogens is 230 g/mol. The number of methoxy groups -OCH3 is 1. The van der Waals surface area contributed by atoms with Crippen molar-refractivity contribution in [3.8, 4) is 0 Å². The molecular formula is C14H29NO3. The Morgan fingerprint density at radius 3 is 2.44 bits per heavy atom. The molecule has 0 unspecified atom stereocenters. The fraction of sp³-hybridized carbons (Fsp3) is 1.00. The molecule has 0 atom stereocenters. The molecule has 1 fully saturated rings. The van der Waals surface area contributed by atoms with E-state index in [1.807, 2.05) is 0 Å². The number of hydrogen-bond donors (Lipinski definition) is 1. The maximum Gasteiger partial charge on any atom is 0.0804 e. The highest BCUT2D eigenvalue weighted by atomic mass is 16.5. The van der Waals surface area contributed by atoms with E-state index in [1.54, 1.807) is 7.11 Å². The van der Waals surface area contributed by atoms with Gasteiger partial charge in [-0.05, 0) is 38.0 Å². The Bertz CT molecular complexity index is 203. The minimum absolute atomic E-state index is 0.0565. The molecule has 2 N–H and O–H groups in total. The van der Waals surface area contributed by atoms with Gasteiger partial charge in [-0.25, -0.2) is 0 Å². The summed E-state index contributed by atoms with van der Waals surface area (Å²) >= 11 is 0. The van der Waals surface area contributed by atoms with E-state index in [4.69, 9.17) is 19.9 Å². The van der Waals surface area contributed by atoms with Crippen LogP contribution in [0.5, 0.6) is 0 Å². The summed E-state index contributed by atoms with van der Waals surface area (Å²) in [6, 6.07) is 0. The van der Waals surface area contributed by atoms with Crippen LogP contribution < -0.4 is 5.73 Å². The molecule has 108 valence electrons. The summed E-state index contributed by atoms with van der Waals surface area (Å²) in [4.78, 5) is 0. The largest absolute Gasteiger partial charge is 0.382 e. The highest BCUT2D eigenvalue weighted by Gasteiger charge is 2.33. The normalized spacial score (nSPS) is 28.5. The van der Waals surface area contributed by atoms with Crippen molar-refractivity contribution in [2.24, 2.45) is 11.7 Å². The lowest BCUT2D eigenvalue weighted by molar-refractivity contribution is -0.0758. The number of hydrogen-bond acceptors (Lipinski definition) is 4. The number of nitrogens with two attached hydrogens (primary N) is 1. The monoisotopic (exact) mass is 259 g/mol. The summed E-state index contributed by atoms with van der Waals surface area (Å²) in [5.41, 5.74) is 5.83. The van der Waals surface area contributed by atoms with Crippen molar-refractivity contribution in [1.29, 1.82) is 0 Å². The third-order valence-corrected chi connectivity index (χ3v) is 3.83. The van der Waals surface area contributed by atoms with Crippen molar-refractivity contribution in [2.75, 3.05) is 40.1 Å². The van der Waals surface area contributed by atoms with Crippen molar-refractivity contribution in [3.05, 3.63) is 0 Å². The third kappa shape index (κ3) is 5.65. The first-order valence-corrected chi connectivity index (χ1v) is 7.13. The van der Waals surface area contributed by atoms with Crippen molar-refractivity contribution in [1.82, 2.24) is 0 Å². The summed E-state index contributed by atoms with van der Waals surface area (Å²) in [5.74, 6) is 0.825. The van der Waals surface area contributed by atoms with E-state index in [-0.39, 0.29) is 5.60 Å². The van der Waals surface area contributed by atoms with Gasteiger partial charge in [0.25, 0.3) is 0 Å². The molecule has 0 bridgehead atoms. The summed E-state index contributed by atoms with van der Waals surface area (Å²) in [7, 11) is 1.68. The Hall–Kier alpha value is -0.160. The average Bonchev–Trinajstić information content (AvgIpc) is 2.40. The highest BCUT2D eigenvalue weighted by Crippen LogP contribution is 2.34. The van der Waals surface area contributed by atoms with Crippen LogP contribution in [-0.4, -0.2) is 45.7 Å². The zero-order valence-electron chi connectivity index (χ0n) is 12.0. The van der Waals surface area contributed by atoms with Crippen molar-refractivity contribution in [3.63, 3.8) is 0 Å². The molecule has 0 aromatic heterocycles. The minimum atomic E-state index is -0.0565. The van der Waals surface area contributed by atoms with Crippen LogP contribution >= 0.6 is 0 Å². The zero-order valence-corrected chi connectivity index (χ0v) is 12.0. The molecule has 18 heavy (non-hydrogen) atoms. The van der Waals surface area contributed by atoms with Crippen LogP contribution in [0.1, 0.15) is 39.0 Å². The van der Waals surface area contributed by atoms with Gasteiger partial charge in [-0.15, -0.1) is 0 Å². The standard InChI is InChI=1S/C14H29NO3/c1-13-4-6-14(12-15,7-5-13)18-9-3-8-17-11-10-16-2/h13H,3-12,15H2,1-2H3. The molecule has 1 aliphatic carbocycles. The maximum atomic E-state index is 6.04. The molecule has 0 heterocycles. The van der Waals surface area contributed by atoms with Gasteiger partial charge in [0, 0.05) is 26.9 Å². The second-order valence-corrected chi connectivity index (χ2v) is 5.38. The Labute approximate surface area is 111 Å². The van der Waals surface area contributed by atoms with Crippen LogP contribution in [-0.2, 0) is 14.2 Å². The van der Waals surface area contributed by atoms with Crippen LogP contribution in [0.25, 0.3) is 0 Å². The molecule has 0 spiro atoms.